The number of rotatable bonds is 6. The number of hydrogen-bond acceptors (Lipinski definition) is 5. The van der Waals surface area contributed by atoms with E-state index in [0.29, 0.717) is 26.8 Å². The molecule has 2 heterocycles. The van der Waals surface area contributed by atoms with Gasteiger partial charge in [0.1, 0.15) is 11.3 Å². The molecule has 1 amide bonds. The molecular weight excluding hydrogens is 369 g/mol. The van der Waals surface area contributed by atoms with Crippen LogP contribution in [0.5, 0.6) is 0 Å². The predicted octanol–water partition coefficient (Wildman–Crippen LogP) is 5.02. The molecule has 0 unspecified atom stereocenters. The third-order valence-corrected chi connectivity index (χ3v) is 5.54. The van der Waals surface area contributed by atoms with E-state index in [9.17, 15) is 9.18 Å². The normalized spacial score (nSPS) is 11.7. The lowest BCUT2D eigenvalue weighted by molar-refractivity contribution is -0.114. The molecule has 2 aromatic heterocycles. The van der Waals surface area contributed by atoms with E-state index < -0.39 is 0 Å². The number of thioether (sulfide) groups is 1. The van der Waals surface area contributed by atoms with Crippen LogP contribution in [0.4, 0.5) is 9.52 Å². The molecule has 0 aliphatic carbocycles. The van der Waals surface area contributed by atoms with Gasteiger partial charge in [-0.2, -0.15) is 0 Å². The number of nitrogens with zero attached hydrogens (tertiary/aromatic N) is 3. The largest absolute Gasteiger partial charge is 0.279 e. The molecule has 1 aromatic carbocycles. The van der Waals surface area contributed by atoms with Crippen molar-refractivity contribution in [3.8, 4) is 0 Å². The van der Waals surface area contributed by atoms with Gasteiger partial charge in [0.05, 0.1) is 16.1 Å². The summed E-state index contributed by atoms with van der Waals surface area (Å²) >= 11 is 2.71. The van der Waals surface area contributed by atoms with Crippen LogP contribution >= 0.6 is 23.1 Å². The fourth-order valence-electron chi connectivity index (χ4n) is 2.50. The van der Waals surface area contributed by atoms with Crippen LogP contribution in [0.3, 0.4) is 0 Å². The number of pyridine rings is 1. The highest BCUT2D eigenvalue weighted by Gasteiger charge is 2.23. The highest BCUT2D eigenvalue weighted by atomic mass is 32.2. The highest BCUT2D eigenvalue weighted by Crippen LogP contribution is 2.32. The van der Waals surface area contributed by atoms with Gasteiger partial charge in [-0.05, 0) is 36.4 Å². The molecule has 26 heavy (non-hydrogen) atoms. The summed E-state index contributed by atoms with van der Waals surface area (Å²) < 4.78 is 14.8. The van der Waals surface area contributed by atoms with Crippen molar-refractivity contribution < 1.29 is 9.18 Å². The van der Waals surface area contributed by atoms with Crippen LogP contribution < -0.4 is 4.90 Å². The minimum Gasteiger partial charge on any atom is -0.279 e. The minimum atomic E-state index is -0.382. The third kappa shape index (κ3) is 3.94. The molecule has 0 aliphatic heterocycles. The standard InChI is InChI=1S/C19H18FN3OS2/c1-3-6-16(25-2)18(24)23(12-13-7-5-10-21-11-13)19-22-17-14(20)8-4-9-15(17)26-19/h4-11H,3,12H2,1-2H3/b16-6-. The molecule has 7 heteroatoms. The van der Waals surface area contributed by atoms with E-state index in [-0.39, 0.29) is 11.7 Å². The Morgan fingerprint density at radius 3 is 2.85 bits per heavy atom. The Hall–Kier alpha value is -2.25. The summed E-state index contributed by atoms with van der Waals surface area (Å²) in [5.41, 5.74) is 1.18. The lowest BCUT2D eigenvalue weighted by Crippen LogP contribution is -2.31. The van der Waals surface area contributed by atoms with Crippen molar-refractivity contribution >= 4 is 44.4 Å². The Labute approximate surface area is 159 Å². The Kier molecular flexibility index (Phi) is 6.00. The van der Waals surface area contributed by atoms with Crippen molar-refractivity contribution in [3.63, 3.8) is 0 Å². The molecule has 0 radical (unpaired) electrons. The summed E-state index contributed by atoms with van der Waals surface area (Å²) in [5, 5.41) is 0.481. The SMILES string of the molecule is CC/C=C(\SC)C(=O)N(Cc1cccnc1)c1nc2c(F)cccc2s1. The number of carbonyl (C=O) groups is 1. The van der Waals surface area contributed by atoms with Gasteiger partial charge in [-0.3, -0.25) is 14.7 Å². The fourth-order valence-corrected chi connectivity index (χ4v) is 4.09. The summed E-state index contributed by atoms with van der Waals surface area (Å²) in [7, 11) is 0. The first kappa shape index (κ1) is 18.5. The van der Waals surface area contributed by atoms with E-state index in [1.165, 1.54) is 29.2 Å². The van der Waals surface area contributed by atoms with Crippen LogP contribution in [0.2, 0.25) is 0 Å². The number of para-hydroxylation sites is 1. The Morgan fingerprint density at radius 1 is 1.35 bits per heavy atom. The number of aromatic nitrogens is 2. The monoisotopic (exact) mass is 387 g/mol. The highest BCUT2D eigenvalue weighted by molar-refractivity contribution is 8.03. The number of carbonyl (C=O) groups excluding carboxylic acids is 1. The Balaban J connectivity index is 2.05. The van der Waals surface area contributed by atoms with E-state index in [0.717, 1.165) is 12.0 Å². The fraction of sp³-hybridized carbons (Fsp3) is 0.211. The van der Waals surface area contributed by atoms with Crippen LogP contribution in [-0.4, -0.2) is 22.1 Å². The number of allylic oxidation sites excluding steroid dienone is 1. The van der Waals surface area contributed by atoms with Gasteiger partial charge >= 0.3 is 0 Å². The van der Waals surface area contributed by atoms with Crippen LogP contribution in [0.25, 0.3) is 10.2 Å². The molecule has 0 N–H and O–H groups in total. The number of anilines is 1. The van der Waals surface area contributed by atoms with Crippen molar-refractivity contribution in [1.29, 1.82) is 0 Å². The van der Waals surface area contributed by atoms with E-state index in [1.54, 1.807) is 23.4 Å². The van der Waals surface area contributed by atoms with E-state index in [1.807, 2.05) is 37.5 Å². The van der Waals surface area contributed by atoms with Crippen molar-refractivity contribution in [2.24, 2.45) is 0 Å². The quantitative estimate of drug-likeness (QED) is 0.557. The smallest absolute Gasteiger partial charge is 0.266 e. The van der Waals surface area contributed by atoms with Crippen LogP contribution in [0.15, 0.2) is 53.7 Å². The summed E-state index contributed by atoms with van der Waals surface area (Å²) in [6, 6.07) is 8.57. The van der Waals surface area contributed by atoms with Crippen LogP contribution in [0, 0.1) is 5.82 Å². The van der Waals surface area contributed by atoms with Gasteiger partial charge in [0, 0.05) is 12.4 Å². The number of benzene rings is 1. The Bertz CT molecular complexity index is 940. The van der Waals surface area contributed by atoms with Crippen LogP contribution in [0.1, 0.15) is 18.9 Å². The molecule has 0 aliphatic rings. The third-order valence-electron chi connectivity index (χ3n) is 3.72. The van der Waals surface area contributed by atoms with Gasteiger partial charge in [-0.25, -0.2) is 9.37 Å². The molecule has 134 valence electrons. The second-order valence-electron chi connectivity index (χ2n) is 5.52. The lowest BCUT2D eigenvalue weighted by Gasteiger charge is -2.20. The number of fused-ring (bicyclic) bond motifs is 1. The first-order valence-electron chi connectivity index (χ1n) is 8.14. The molecule has 0 bridgehead atoms. The number of thiazole rings is 1. The summed E-state index contributed by atoms with van der Waals surface area (Å²) in [6.45, 7) is 2.32. The zero-order valence-electron chi connectivity index (χ0n) is 14.5. The average Bonchev–Trinajstić information content (AvgIpc) is 3.10. The van der Waals surface area contributed by atoms with Crippen molar-refractivity contribution in [2.75, 3.05) is 11.2 Å². The molecule has 0 saturated heterocycles. The number of hydrogen-bond donors (Lipinski definition) is 0. The maximum atomic E-state index is 14.1. The summed E-state index contributed by atoms with van der Waals surface area (Å²) in [5.74, 6) is -0.518. The van der Waals surface area contributed by atoms with E-state index >= 15 is 0 Å². The second kappa shape index (κ2) is 8.42. The van der Waals surface area contributed by atoms with Crippen LogP contribution in [-0.2, 0) is 11.3 Å². The average molecular weight is 388 g/mol. The Morgan fingerprint density at radius 2 is 2.19 bits per heavy atom. The van der Waals surface area contributed by atoms with Gasteiger partial charge in [-0.15, -0.1) is 11.8 Å². The second-order valence-corrected chi connectivity index (χ2v) is 7.37. The number of amides is 1. The van der Waals surface area contributed by atoms with Gasteiger partial charge in [-0.1, -0.05) is 36.5 Å². The predicted molar refractivity (Wildman–Crippen MR) is 107 cm³/mol. The summed E-state index contributed by atoms with van der Waals surface area (Å²) in [6.07, 6.45) is 7.94. The molecule has 0 saturated carbocycles. The van der Waals surface area contributed by atoms with Gasteiger partial charge in [0.25, 0.3) is 5.91 Å². The maximum absolute atomic E-state index is 14.1. The first-order valence-corrected chi connectivity index (χ1v) is 10.2. The molecule has 0 fully saturated rings. The van der Waals surface area contributed by atoms with E-state index in [2.05, 4.69) is 9.97 Å². The zero-order valence-corrected chi connectivity index (χ0v) is 16.1. The molecule has 3 rings (SSSR count). The summed E-state index contributed by atoms with van der Waals surface area (Å²) in [4.78, 5) is 23.9. The maximum Gasteiger partial charge on any atom is 0.266 e. The number of halogens is 1. The van der Waals surface area contributed by atoms with Gasteiger partial charge in [0.2, 0.25) is 0 Å². The van der Waals surface area contributed by atoms with E-state index in [4.69, 9.17) is 0 Å². The van der Waals surface area contributed by atoms with Crippen molar-refractivity contribution in [3.05, 3.63) is 65.1 Å². The molecule has 0 spiro atoms. The topological polar surface area (TPSA) is 46.1 Å². The lowest BCUT2D eigenvalue weighted by atomic mass is 10.2. The van der Waals surface area contributed by atoms with Gasteiger partial charge < -0.3 is 0 Å². The van der Waals surface area contributed by atoms with Crippen molar-refractivity contribution in [1.82, 2.24) is 9.97 Å². The molecule has 3 aromatic rings. The molecule has 0 atom stereocenters. The van der Waals surface area contributed by atoms with Crippen molar-refractivity contribution in [2.45, 2.75) is 19.9 Å². The van der Waals surface area contributed by atoms with Gasteiger partial charge in [0.15, 0.2) is 5.13 Å². The zero-order chi connectivity index (χ0) is 18.5. The molecular formula is C19H18FN3OS2. The minimum absolute atomic E-state index is 0.136. The first-order chi connectivity index (χ1) is 12.6. The molecule has 4 nitrogen and oxygen atoms in total.